The standard InChI is InChI=1S/C18H32N2O3/c1-17(2,3)23-16(22)19-9-6-18(7-10-19)11-14(12-18)20-8-4-5-15(21)13-20/h14-15,21H,4-13H2,1-3H3. The molecule has 3 rings (SSSR count). The molecule has 1 N–H and O–H groups in total. The fourth-order valence-corrected chi connectivity index (χ4v) is 4.41. The molecule has 5 nitrogen and oxygen atoms in total. The summed E-state index contributed by atoms with van der Waals surface area (Å²) in [4.78, 5) is 16.5. The largest absolute Gasteiger partial charge is 0.444 e. The van der Waals surface area contributed by atoms with Gasteiger partial charge in [-0.05, 0) is 71.3 Å². The van der Waals surface area contributed by atoms with Crippen molar-refractivity contribution in [3.63, 3.8) is 0 Å². The second-order valence-electron chi connectivity index (χ2n) is 8.82. The van der Waals surface area contributed by atoms with Crippen LogP contribution in [0.1, 0.15) is 59.3 Å². The maximum Gasteiger partial charge on any atom is 0.410 e. The van der Waals surface area contributed by atoms with E-state index in [-0.39, 0.29) is 12.2 Å². The summed E-state index contributed by atoms with van der Waals surface area (Å²) in [6, 6.07) is 0.651. The predicted molar refractivity (Wildman–Crippen MR) is 89.3 cm³/mol. The van der Waals surface area contributed by atoms with Crippen LogP contribution in [0.4, 0.5) is 4.79 Å². The molecule has 2 saturated heterocycles. The molecular formula is C18H32N2O3. The van der Waals surface area contributed by atoms with Crippen molar-refractivity contribution < 1.29 is 14.6 Å². The first-order valence-electron chi connectivity index (χ1n) is 9.16. The van der Waals surface area contributed by atoms with E-state index in [1.54, 1.807) is 0 Å². The number of β-amino-alcohol motifs (C(OH)–C–C–N with tert-alkyl or cyclic N) is 1. The molecule has 1 saturated carbocycles. The lowest BCUT2D eigenvalue weighted by Crippen LogP contribution is -2.57. The summed E-state index contributed by atoms with van der Waals surface area (Å²) in [6.07, 6.45) is 6.45. The highest BCUT2D eigenvalue weighted by Gasteiger charge is 2.48. The van der Waals surface area contributed by atoms with E-state index in [9.17, 15) is 9.90 Å². The van der Waals surface area contributed by atoms with E-state index in [0.29, 0.717) is 11.5 Å². The maximum atomic E-state index is 12.1. The Kier molecular flexibility index (Phi) is 4.62. The number of carbonyl (C=O) groups excluding carboxylic acids is 1. The van der Waals surface area contributed by atoms with Gasteiger partial charge in [-0.15, -0.1) is 0 Å². The summed E-state index contributed by atoms with van der Waals surface area (Å²) in [7, 11) is 0. The Morgan fingerprint density at radius 2 is 1.83 bits per heavy atom. The van der Waals surface area contributed by atoms with Gasteiger partial charge < -0.3 is 14.7 Å². The molecule has 1 amide bonds. The summed E-state index contributed by atoms with van der Waals surface area (Å²) in [5, 5.41) is 9.84. The molecule has 23 heavy (non-hydrogen) atoms. The molecular weight excluding hydrogens is 292 g/mol. The number of piperidine rings is 2. The molecule has 0 aromatic rings. The zero-order chi connectivity index (χ0) is 16.7. The van der Waals surface area contributed by atoms with Crippen molar-refractivity contribution in [1.82, 2.24) is 9.80 Å². The normalized spacial score (nSPS) is 29.4. The Morgan fingerprint density at radius 3 is 2.39 bits per heavy atom. The molecule has 0 bridgehead atoms. The number of aliphatic hydroxyl groups excluding tert-OH is 1. The summed E-state index contributed by atoms with van der Waals surface area (Å²) in [5.41, 5.74) is 0.0223. The number of amides is 1. The van der Waals surface area contributed by atoms with Crippen LogP contribution in [0.25, 0.3) is 0 Å². The van der Waals surface area contributed by atoms with Crippen molar-refractivity contribution >= 4 is 6.09 Å². The fourth-order valence-electron chi connectivity index (χ4n) is 4.41. The zero-order valence-electron chi connectivity index (χ0n) is 14.9. The first-order valence-corrected chi connectivity index (χ1v) is 9.16. The lowest BCUT2D eigenvalue weighted by molar-refractivity contribution is -0.0664. The molecule has 3 aliphatic rings. The topological polar surface area (TPSA) is 53.0 Å². The Morgan fingerprint density at radius 1 is 1.17 bits per heavy atom. The highest BCUT2D eigenvalue weighted by Crippen LogP contribution is 2.51. The van der Waals surface area contributed by atoms with Crippen molar-refractivity contribution in [1.29, 1.82) is 0 Å². The molecule has 0 aromatic carbocycles. The quantitative estimate of drug-likeness (QED) is 0.805. The van der Waals surface area contributed by atoms with Gasteiger partial charge in [0.25, 0.3) is 0 Å². The highest BCUT2D eigenvalue weighted by atomic mass is 16.6. The summed E-state index contributed by atoms with van der Waals surface area (Å²) in [5.74, 6) is 0. The number of hydrogen-bond acceptors (Lipinski definition) is 4. The lowest BCUT2D eigenvalue weighted by Gasteiger charge is -2.56. The van der Waals surface area contributed by atoms with E-state index >= 15 is 0 Å². The maximum absolute atomic E-state index is 12.1. The smallest absolute Gasteiger partial charge is 0.410 e. The van der Waals surface area contributed by atoms with E-state index in [1.807, 2.05) is 25.7 Å². The number of rotatable bonds is 1. The molecule has 2 heterocycles. The Hall–Kier alpha value is -0.810. The lowest BCUT2D eigenvalue weighted by atomic mass is 9.60. The third-order valence-corrected chi connectivity index (χ3v) is 5.76. The molecule has 0 radical (unpaired) electrons. The summed E-state index contributed by atoms with van der Waals surface area (Å²) in [6.45, 7) is 9.39. The molecule has 0 aromatic heterocycles. The molecule has 2 aliphatic heterocycles. The van der Waals surface area contributed by atoms with Crippen molar-refractivity contribution in [2.75, 3.05) is 26.2 Å². The van der Waals surface area contributed by atoms with E-state index in [2.05, 4.69) is 4.90 Å². The minimum atomic E-state index is -0.414. The molecule has 5 heteroatoms. The van der Waals surface area contributed by atoms with Crippen molar-refractivity contribution in [2.45, 2.75) is 77.0 Å². The van der Waals surface area contributed by atoms with Gasteiger partial charge in [0.05, 0.1) is 6.10 Å². The van der Waals surface area contributed by atoms with Crippen LogP contribution in [-0.4, -0.2) is 64.9 Å². The second-order valence-corrected chi connectivity index (χ2v) is 8.82. The third kappa shape index (κ3) is 4.00. The zero-order valence-corrected chi connectivity index (χ0v) is 14.9. The van der Waals surface area contributed by atoms with Crippen LogP contribution < -0.4 is 0 Å². The van der Waals surface area contributed by atoms with Crippen LogP contribution in [0.5, 0.6) is 0 Å². The van der Waals surface area contributed by atoms with E-state index in [0.717, 1.165) is 51.9 Å². The number of aliphatic hydroxyl groups is 1. The SMILES string of the molecule is CC(C)(C)OC(=O)N1CCC2(CC1)CC(N1CCCC(O)C1)C2. The first-order chi connectivity index (χ1) is 10.8. The molecule has 1 aliphatic carbocycles. The van der Waals surface area contributed by atoms with E-state index in [4.69, 9.17) is 4.74 Å². The number of likely N-dealkylation sites (tertiary alicyclic amines) is 2. The van der Waals surface area contributed by atoms with Crippen LogP contribution in [-0.2, 0) is 4.74 Å². The number of ether oxygens (including phenoxy) is 1. The van der Waals surface area contributed by atoms with Gasteiger partial charge >= 0.3 is 6.09 Å². The second kappa shape index (κ2) is 6.25. The van der Waals surface area contributed by atoms with Crippen LogP contribution in [0.15, 0.2) is 0 Å². The Labute approximate surface area is 140 Å². The average Bonchev–Trinajstić information content (AvgIpc) is 2.43. The number of nitrogens with zero attached hydrogens (tertiary/aromatic N) is 2. The van der Waals surface area contributed by atoms with Gasteiger partial charge in [-0.1, -0.05) is 0 Å². The van der Waals surface area contributed by atoms with E-state index < -0.39 is 5.60 Å². The van der Waals surface area contributed by atoms with Gasteiger partial charge in [0.15, 0.2) is 0 Å². The summed E-state index contributed by atoms with van der Waals surface area (Å²) < 4.78 is 5.48. The van der Waals surface area contributed by atoms with Crippen molar-refractivity contribution in [3.05, 3.63) is 0 Å². The van der Waals surface area contributed by atoms with Crippen LogP contribution in [0.2, 0.25) is 0 Å². The minimum absolute atomic E-state index is 0.130. The van der Waals surface area contributed by atoms with Gasteiger partial charge in [0, 0.05) is 25.7 Å². The summed E-state index contributed by atoms with van der Waals surface area (Å²) >= 11 is 0. The van der Waals surface area contributed by atoms with Crippen LogP contribution in [0, 0.1) is 5.41 Å². The van der Waals surface area contributed by atoms with Gasteiger partial charge in [-0.3, -0.25) is 4.90 Å². The molecule has 1 atom stereocenters. The number of hydrogen-bond donors (Lipinski definition) is 1. The van der Waals surface area contributed by atoms with Gasteiger partial charge in [0.1, 0.15) is 5.60 Å². The monoisotopic (exact) mass is 324 g/mol. The third-order valence-electron chi connectivity index (χ3n) is 5.76. The molecule has 1 spiro atoms. The number of carbonyl (C=O) groups is 1. The van der Waals surface area contributed by atoms with Gasteiger partial charge in [0.2, 0.25) is 0 Å². The minimum Gasteiger partial charge on any atom is -0.444 e. The van der Waals surface area contributed by atoms with Crippen molar-refractivity contribution in [2.24, 2.45) is 5.41 Å². The highest BCUT2D eigenvalue weighted by molar-refractivity contribution is 5.68. The molecule has 132 valence electrons. The van der Waals surface area contributed by atoms with Crippen LogP contribution >= 0.6 is 0 Å². The molecule has 1 unspecified atom stereocenters. The fraction of sp³-hybridized carbons (Fsp3) is 0.944. The molecule has 3 fully saturated rings. The van der Waals surface area contributed by atoms with Gasteiger partial charge in [-0.2, -0.15) is 0 Å². The van der Waals surface area contributed by atoms with Gasteiger partial charge in [-0.25, -0.2) is 4.79 Å². The Bertz CT molecular complexity index is 430. The average molecular weight is 324 g/mol. The van der Waals surface area contributed by atoms with E-state index in [1.165, 1.54) is 12.8 Å². The van der Waals surface area contributed by atoms with Crippen molar-refractivity contribution in [3.8, 4) is 0 Å². The first kappa shape index (κ1) is 17.0. The van der Waals surface area contributed by atoms with Crippen LogP contribution in [0.3, 0.4) is 0 Å². The predicted octanol–water partition coefficient (Wildman–Crippen LogP) is 2.62. The Balaban J connectivity index is 1.44.